The van der Waals surface area contributed by atoms with Gasteiger partial charge >= 0.3 is 5.97 Å². The van der Waals surface area contributed by atoms with Gasteiger partial charge in [0.2, 0.25) is 11.8 Å². The summed E-state index contributed by atoms with van der Waals surface area (Å²) in [5.74, 6) is -0.879. The van der Waals surface area contributed by atoms with Gasteiger partial charge in [-0.25, -0.2) is 4.79 Å². The molecule has 146 valence electrons. The second-order valence-electron chi connectivity index (χ2n) is 6.83. The Morgan fingerprint density at radius 1 is 1.15 bits per heavy atom. The van der Waals surface area contributed by atoms with Crippen LogP contribution in [-0.4, -0.2) is 61.1 Å². The number of carboxylic acid groups (broad SMARTS) is 1. The molecule has 27 heavy (non-hydrogen) atoms. The van der Waals surface area contributed by atoms with Crippen molar-refractivity contribution in [2.24, 2.45) is 5.92 Å². The molecule has 2 aliphatic rings. The van der Waals surface area contributed by atoms with E-state index in [1.54, 1.807) is 23.1 Å². The predicted molar refractivity (Wildman–Crippen MR) is 97.0 cm³/mol. The number of rotatable bonds is 5. The molecule has 0 aromatic heterocycles. The van der Waals surface area contributed by atoms with E-state index in [-0.39, 0.29) is 24.8 Å². The number of likely N-dealkylation sites (tertiary alicyclic amines) is 1. The Hall–Kier alpha value is -2.77. The fourth-order valence-corrected chi connectivity index (χ4v) is 3.80. The molecular weight excluding hydrogens is 352 g/mol. The van der Waals surface area contributed by atoms with Crippen LogP contribution < -0.4 is 14.4 Å². The van der Waals surface area contributed by atoms with Gasteiger partial charge in [0.05, 0.1) is 20.1 Å². The highest BCUT2D eigenvalue weighted by molar-refractivity contribution is 6.01. The minimum Gasteiger partial charge on any atom is -0.493 e. The summed E-state index contributed by atoms with van der Waals surface area (Å²) in [5.41, 5.74) is 0.626. The normalized spacial score (nSPS) is 22.7. The average molecular weight is 376 g/mol. The van der Waals surface area contributed by atoms with Gasteiger partial charge in [-0.1, -0.05) is 0 Å². The molecule has 0 saturated carbocycles. The van der Waals surface area contributed by atoms with Crippen LogP contribution in [0, 0.1) is 5.92 Å². The number of carbonyl (C=O) groups excluding carboxylic acids is 2. The molecule has 8 heteroatoms. The fraction of sp³-hybridized carbons (Fsp3) is 0.526. The molecule has 3 rings (SSSR count). The molecule has 2 aliphatic heterocycles. The van der Waals surface area contributed by atoms with Crippen LogP contribution in [0.25, 0.3) is 0 Å². The molecule has 0 aliphatic carbocycles. The van der Waals surface area contributed by atoms with Crippen molar-refractivity contribution in [1.29, 1.82) is 0 Å². The van der Waals surface area contributed by atoms with Gasteiger partial charge in [-0.2, -0.15) is 0 Å². The number of hydrogen-bond acceptors (Lipinski definition) is 5. The number of piperidine rings is 1. The van der Waals surface area contributed by atoms with Crippen LogP contribution in [0.5, 0.6) is 11.5 Å². The van der Waals surface area contributed by atoms with Crippen LogP contribution in [-0.2, 0) is 14.4 Å². The average Bonchev–Trinajstić information content (AvgIpc) is 3.08. The molecule has 0 radical (unpaired) electrons. The Morgan fingerprint density at radius 3 is 2.56 bits per heavy atom. The molecule has 0 spiro atoms. The number of benzene rings is 1. The van der Waals surface area contributed by atoms with Gasteiger partial charge in [0, 0.05) is 31.3 Å². The zero-order valence-corrected chi connectivity index (χ0v) is 15.5. The standard InChI is InChI=1S/C19H24N2O6/c1-26-15-7-6-13(10-16(15)27-2)21-11-12(9-17(21)22)18(23)20-8-4-3-5-14(20)19(24)25/h6-7,10,12,14H,3-5,8-9,11H2,1-2H3,(H,24,25)/t12-,14-/m0/s1. The lowest BCUT2D eigenvalue weighted by atomic mass is 9.98. The fourth-order valence-electron chi connectivity index (χ4n) is 3.80. The number of aliphatic carboxylic acids is 1. The van der Waals surface area contributed by atoms with Gasteiger partial charge in [0.15, 0.2) is 11.5 Å². The van der Waals surface area contributed by atoms with Crippen molar-refractivity contribution < 1.29 is 29.0 Å². The highest BCUT2D eigenvalue weighted by Gasteiger charge is 2.41. The van der Waals surface area contributed by atoms with Gasteiger partial charge in [-0.15, -0.1) is 0 Å². The number of ether oxygens (including phenoxy) is 2. The first-order valence-electron chi connectivity index (χ1n) is 9.02. The molecule has 2 amide bonds. The molecule has 2 saturated heterocycles. The number of hydrogen-bond donors (Lipinski definition) is 1. The third-order valence-electron chi connectivity index (χ3n) is 5.22. The second-order valence-corrected chi connectivity index (χ2v) is 6.83. The highest BCUT2D eigenvalue weighted by atomic mass is 16.5. The summed E-state index contributed by atoms with van der Waals surface area (Å²) in [5, 5.41) is 9.39. The van der Waals surface area contributed by atoms with Crippen LogP contribution in [0.2, 0.25) is 0 Å². The molecule has 2 fully saturated rings. The minimum absolute atomic E-state index is 0.0794. The zero-order valence-electron chi connectivity index (χ0n) is 15.5. The van der Waals surface area contributed by atoms with Crippen molar-refractivity contribution in [3.8, 4) is 11.5 Å². The van der Waals surface area contributed by atoms with Gasteiger partial charge in [0.1, 0.15) is 6.04 Å². The first kappa shape index (κ1) is 19.0. The molecule has 2 heterocycles. The number of anilines is 1. The number of nitrogens with zero attached hydrogens (tertiary/aromatic N) is 2. The van der Waals surface area contributed by atoms with E-state index in [1.807, 2.05) is 0 Å². The third kappa shape index (κ3) is 3.70. The van der Waals surface area contributed by atoms with E-state index >= 15 is 0 Å². The van der Waals surface area contributed by atoms with Crippen molar-refractivity contribution in [1.82, 2.24) is 4.90 Å². The lowest BCUT2D eigenvalue weighted by Gasteiger charge is -2.34. The molecule has 2 atom stereocenters. The number of carbonyl (C=O) groups is 3. The second kappa shape index (κ2) is 7.85. The van der Waals surface area contributed by atoms with E-state index in [4.69, 9.17) is 9.47 Å². The quantitative estimate of drug-likeness (QED) is 0.837. The van der Waals surface area contributed by atoms with Gasteiger partial charge in [0.25, 0.3) is 0 Å². The van der Waals surface area contributed by atoms with E-state index in [9.17, 15) is 19.5 Å². The summed E-state index contributed by atoms with van der Waals surface area (Å²) in [6.07, 6.45) is 2.12. The predicted octanol–water partition coefficient (Wildman–Crippen LogP) is 1.52. The largest absolute Gasteiger partial charge is 0.493 e. The molecule has 8 nitrogen and oxygen atoms in total. The lowest BCUT2D eigenvalue weighted by molar-refractivity contribution is -0.153. The molecular formula is C19H24N2O6. The summed E-state index contributed by atoms with van der Waals surface area (Å²) < 4.78 is 10.5. The van der Waals surface area contributed by atoms with Crippen molar-refractivity contribution >= 4 is 23.5 Å². The van der Waals surface area contributed by atoms with E-state index in [0.29, 0.717) is 30.2 Å². The van der Waals surface area contributed by atoms with Crippen LogP contribution in [0.3, 0.4) is 0 Å². The number of methoxy groups -OCH3 is 2. The van der Waals surface area contributed by atoms with Crippen LogP contribution in [0.1, 0.15) is 25.7 Å². The summed E-state index contributed by atoms with van der Waals surface area (Å²) >= 11 is 0. The lowest BCUT2D eigenvalue weighted by Crippen LogP contribution is -2.50. The monoisotopic (exact) mass is 376 g/mol. The maximum atomic E-state index is 12.9. The summed E-state index contributed by atoms with van der Waals surface area (Å²) in [6.45, 7) is 0.660. The molecule has 0 unspecified atom stereocenters. The summed E-state index contributed by atoms with van der Waals surface area (Å²) in [7, 11) is 3.05. The first-order chi connectivity index (χ1) is 13.0. The van der Waals surface area contributed by atoms with Crippen LogP contribution in [0.15, 0.2) is 18.2 Å². The first-order valence-corrected chi connectivity index (χ1v) is 9.02. The van der Waals surface area contributed by atoms with E-state index in [0.717, 1.165) is 12.8 Å². The van der Waals surface area contributed by atoms with E-state index < -0.39 is 17.9 Å². The maximum absolute atomic E-state index is 12.9. The maximum Gasteiger partial charge on any atom is 0.326 e. The Morgan fingerprint density at radius 2 is 1.89 bits per heavy atom. The smallest absolute Gasteiger partial charge is 0.326 e. The Bertz CT molecular complexity index is 750. The molecule has 1 N–H and O–H groups in total. The van der Waals surface area contributed by atoms with E-state index in [2.05, 4.69) is 0 Å². The number of carboxylic acids is 1. The SMILES string of the molecule is COc1ccc(N2C[C@@H](C(=O)N3CCCC[C@H]3C(=O)O)CC2=O)cc1OC. The Balaban J connectivity index is 1.77. The molecule has 1 aromatic carbocycles. The third-order valence-corrected chi connectivity index (χ3v) is 5.22. The van der Waals surface area contributed by atoms with Gasteiger partial charge in [-0.05, 0) is 31.4 Å². The summed E-state index contributed by atoms with van der Waals surface area (Å²) in [6, 6.07) is 4.36. The number of amides is 2. The van der Waals surface area contributed by atoms with Gasteiger partial charge < -0.3 is 24.4 Å². The van der Waals surface area contributed by atoms with Crippen LogP contribution >= 0.6 is 0 Å². The Kier molecular flexibility index (Phi) is 5.53. The summed E-state index contributed by atoms with van der Waals surface area (Å²) in [4.78, 5) is 39.9. The van der Waals surface area contributed by atoms with Gasteiger partial charge in [-0.3, -0.25) is 9.59 Å². The van der Waals surface area contributed by atoms with Crippen molar-refractivity contribution in [2.75, 3.05) is 32.2 Å². The van der Waals surface area contributed by atoms with Crippen molar-refractivity contribution in [3.05, 3.63) is 18.2 Å². The zero-order chi connectivity index (χ0) is 19.6. The van der Waals surface area contributed by atoms with Crippen LogP contribution in [0.4, 0.5) is 5.69 Å². The van der Waals surface area contributed by atoms with Crippen molar-refractivity contribution in [3.63, 3.8) is 0 Å². The molecule has 0 bridgehead atoms. The van der Waals surface area contributed by atoms with Crippen molar-refractivity contribution in [2.45, 2.75) is 31.7 Å². The highest BCUT2D eigenvalue weighted by Crippen LogP contribution is 2.34. The minimum atomic E-state index is -0.982. The van der Waals surface area contributed by atoms with E-state index in [1.165, 1.54) is 19.1 Å². The Labute approximate surface area is 157 Å². The molecule has 1 aromatic rings. The topological polar surface area (TPSA) is 96.4 Å².